The molecule has 228 valence electrons. The molecule has 0 bridgehead atoms. The quantitative estimate of drug-likeness (QED) is 0.333. The minimum atomic E-state index is -3.76. The maximum absolute atomic E-state index is 15.5. The number of hydrogen-bond donors (Lipinski definition) is 1. The first-order valence-electron chi connectivity index (χ1n) is 14.5. The third-order valence-electron chi connectivity index (χ3n) is 9.20. The van der Waals surface area contributed by atoms with E-state index in [-0.39, 0.29) is 22.6 Å². The van der Waals surface area contributed by atoms with Crippen LogP contribution in [-0.4, -0.2) is 66.9 Å². The smallest absolute Gasteiger partial charge is 0.292 e. The number of allylic oxidation sites excluding steroid dienone is 1. The van der Waals surface area contributed by atoms with Gasteiger partial charge in [-0.25, -0.2) is 8.78 Å². The molecule has 1 saturated carbocycles. The Morgan fingerprint density at radius 1 is 1.14 bits per heavy atom. The van der Waals surface area contributed by atoms with Crippen molar-refractivity contribution in [3.63, 3.8) is 0 Å². The topological polar surface area (TPSA) is 70.1 Å². The van der Waals surface area contributed by atoms with Gasteiger partial charge in [-0.1, -0.05) is 35.9 Å². The fourth-order valence-corrected chi connectivity index (χ4v) is 6.79. The van der Waals surface area contributed by atoms with E-state index in [0.29, 0.717) is 42.4 Å². The first-order chi connectivity index (χ1) is 19.9. The lowest BCUT2D eigenvalue weighted by molar-refractivity contribution is -0.205. The molecule has 42 heavy (non-hydrogen) atoms. The standard InChI is InChI=1S/C33H41ClF2N2O4/c1-5-13-32(35,36)33(41,25-7-6-8-26(22-25)42-4)30(40)38-18-16-31(17-19-38)14-11-23(12-15-31)20-24-9-10-27(28(34)21-24)29(39)37(2)3/h5-10,21-23,41H,1,11-20H2,2-4H3. The molecule has 0 aromatic heterocycles. The number of aliphatic hydroxyl groups is 1. The number of rotatable bonds is 9. The molecule has 2 amide bonds. The zero-order chi connectivity index (χ0) is 30.7. The van der Waals surface area contributed by atoms with Crippen LogP contribution in [0.25, 0.3) is 0 Å². The number of piperidine rings is 1. The van der Waals surface area contributed by atoms with Gasteiger partial charge < -0.3 is 19.6 Å². The molecule has 2 aromatic rings. The van der Waals surface area contributed by atoms with Crippen molar-refractivity contribution in [2.24, 2.45) is 11.3 Å². The molecule has 2 fully saturated rings. The highest BCUT2D eigenvalue weighted by Crippen LogP contribution is 2.49. The molecule has 4 rings (SSSR count). The number of amides is 2. The minimum Gasteiger partial charge on any atom is -0.497 e. The van der Waals surface area contributed by atoms with Gasteiger partial charge in [-0.3, -0.25) is 9.59 Å². The van der Waals surface area contributed by atoms with Crippen LogP contribution in [0.2, 0.25) is 5.02 Å². The molecule has 1 spiro atoms. The number of hydrogen-bond acceptors (Lipinski definition) is 4. The summed E-state index contributed by atoms with van der Waals surface area (Å²) in [6.07, 6.45) is 6.51. The Bertz CT molecular complexity index is 1300. The fraction of sp³-hybridized carbons (Fsp3) is 0.515. The van der Waals surface area contributed by atoms with E-state index in [1.807, 2.05) is 12.1 Å². The van der Waals surface area contributed by atoms with E-state index in [0.717, 1.165) is 43.7 Å². The van der Waals surface area contributed by atoms with E-state index in [1.165, 1.54) is 35.1 Å². The van der Waals surface area contributed by atoms with Crippen LogP contribution in [0.5, 0.6) is 5.75 Å². The highest BCUT2D eigenvalue weighted by molar-refractivity contribution is 6.33. The largest absolute Gasteiger partial charge is 0.497 e. The number of halogens is 3. The molecule has 1 saturated heterocycles. The SMILES string of the molecule is C=CCC(F)(F)C(O)(C(=O)N1CCC2(CCC(Cc3ccc(C(=O)N(C)C)c(Cl)c3)CC2)CC1)c1cccc(OC)c1. The lowest BCUT2D eigenvalue weighted by atomic mass is 9.64. The van der Waals surface area contributed by atoms with E-state index < -0.39 is 23.9 Å². The molecule has 1 aliphatic heterocycles. The molecule has 1 heterocycles. The summed E-state index contributed by atoms with van der Waals surface area (Å²) in [5, 5.41) is 11.9. The molecule has 9 heteroatoms. The van der Waals surface area contributed by atoms with Crippen molar-refractivity contribution in [3.8, 4) is 5.75 Å². The van der Waals surface area contributed by atoms with Gasteiger partial charge in [0.25, 0.3) is 17.7 Å². The van der Waals surface area contributed by atoms with Crippen molar-refractivity contribution in [2.45, 2.75) is 62.9 Å². The highest BCUT2D eigenvalue weighted by Gasteiger charge is 2.60. The van der Waals surface area contributed by atoms with Crippen LogP contribution in [0, 0.1) is 11.3 Å². The van der Waals surface area contributed by atoms with E-state index in [9.17, 15) is 14.7 Å². The van der Waals surface area contributed by atoms with Gasteiger partial charge in [0, 0.05) is 39.2 Å². The van der Waals surface area contributed by atoms with E-state index in [4.69, 9.17) is 16.3 Å². The Hall–Kier alpha value is -2.97. The number of alkyl halides is 2. The predicted molar refractivity (Wildman–Crippen MR) is 160 cm³/mol. The van der Waals surface area contributed by atoms with Crippen LogP contribution in [0.1, 0.15) is 66.4 Å². The van der Waals surface area contributed by atoms with Crippen molar-refractivity contribution in [2.75, 3.05) is 34.3 Å². The van der Waals surface area contributed by atoms with Gasteiger partial charge in [-0.15, -0.1) is 6.58 Å². The summed E-state index contributed by atoms with van der Waals surface area (Å²) < 4.78 is 36.1. The van der Waals surface area contributed by atoms with Crippen molar-refractivity contribution in [1.29, 1.82) is 0 Å². The Morgan fingerprint density at radius 3 is 2.38 bits per heavy atom. The lowest BCUT2D eigenvalue weighted by Gasteiger charge is -2.48. The van der Waals surface area contributed by atoms with Crippen LogP contribution in [0.4, 0.5) is 8.78 Å². The number of methoxy groups -OCH3 is 1. The van der Waals surface area contributed by atoms with Crippen LogP contribution in [0.3, 0.4) is 0 Å². The maximum atomic E-state index is 15.5. The van der Waals surface area contributed by atoms with Gasteiger partial charge in [0.15, 0.2) is 0 Å². The van der Waals surface area contributed by atoms with Crippen molar-refractivity contribution in [3.05, 3.63) is 76.8 Å². The van der Waals surface area contributed by atoms with Gasteiger partial charge in [-0.05, 0) is 86.1 Å². The highest BCUT2D eigenvalue weighted by atomic mass is 35.5. The summed E-state index contributed by atoms with van der Waals surface area (Å²) in [7, 11) is 4.80. The minimum absolute atomic E-state index is 0.0601. The van der Waals surface area contributed by atoms with Crippen molar-refractivity contribution in [1.82, 2.24) is 9.80 Å². The van der Waals surface area contributed by atoms with Crippen LogP contribution in [0.15, 0.2) is 55.1 Å². The Labute approximate surface area is 252 Å². The molecule has 1 aliphatic carbocycles. The first kappa shape index (κ1) is 32.0. The second kappa shape index (κ2) is 12.7. The number of carbonyl (C=O) groups is 2. The lowest BCUT2D eigenvalue weighted by Crippen LogP contribution is -2.59. The fourth-order valence-electron chi connectivity index (χ4n) is 6.51. The molecule has 1 N–H and O–H groups in total. The monoisotopic (exact) mass is 602 g/mol. The number of ether oxygens (including phenoxy) is 1. The summed E-state index contributed by atoms with van der Waals surface area (Å²) in [4.78, 5) is 28.9. The van der Waals surface area contributed by atoms with Crippen LogP contribution >= 0.6 is 11.6 Å². The van der Waals surface area contributed by atoms with Crippen LogP contribution in [-0.2, 0) is 16.8 Å². The van der Waals surface area contributed by atoms with Gasteiger partial charge in [0.1, 0.15) is 5.75 Å². The van der Waals surface area contributed by atoms with Crippen LogP contribution < -0.4 is 4.74 Å². The molecule has 2 aromatic carbocycles. The summed E-state index contributed by atoms with van der Waals surface area (Å²) in [6, 6.07) is 11.4. The van der Waals surface area contributed by atoms with Crippen molar-refractivity contribution >= 4 is 23.4 Å². The maximum Gasteiger partial charge on any atom is 0.292 e. The molecular weight excluding hydrogens is 562 g/mol. The zero-order valence-electron chi connectivity index (χ0n) is 24.7. The molecule has 1 atom stereocenters. The number of benzene rings is 2. The molecule has 0 radical (unpaired) electrons. The Kier molecular flexibility index (Phi) is 9.68. The second-order valence-electron chi connectivity index (χ2n) is 12.1. The number of likely N-dealkylation sites (tertiary alicyclic amines) is 1. The summed E-state index contributed by atoms with van der Waals surface area (Å²) in [6.45, 7) is 4.04. The number of nitrogens with zero attached hydrogens (tertiary/aromatic N) is 2. The average molecular weight is 603 g/mol. The van der Waals surface area contributed by atoms with Crippen molar-refractivity contribution < 1.29 is 28.2 Å². The first-order valence-corrected chi connectivity index (χ1v) is 14.9. The summed E-state index contributed by atoms with van der Waals surface area (Å²) >= 11 is 6.42. The predicted octanol–water partition coefficient (Wildman–Crippen LogP) is 6.49. The third kappa shape index (κ3) is 6.35. The summed E-state index contributed by atoms with van der Waals surface area (Å²) in [5.74, 6) is -4.10. The zero-order valence-corrected chi connectivity index (χ0v) is 25.4. The molecule has 1 unspecified atom stereocenters. The second-order valence-corrected chi connectivity index (χ2v) is 12.5. The number of carbonyl (C=O) groups excluding carboxylic acids is 2. The Balaban J connectivity index is 1.40. The molecular formula is C33H41ClF2N2O4. The molecule has 2 aliphatic rings. The third-order valence-corrected chi connectivity index (χ3v) is 9.51. The van der Waals surface area contributed by atoms with E-state index in [1.54, 1.807) is 26.2 Å². The van der Waals surface area contributed by atoms with Gasteiger partial charge in [-0.2, -0.15) is 0 Å². The summed E-state index contributed by atoms with van der Waals surface area (Å²) in [5.41, 5.74) is -1.57. The van der Waals surface area contributed by atoms with Gasteiger partial charge >= 0.3 is 0 Å². The van der Waals surface area contributed by atoms with Gasteiger partial charge in [0.2, 0.25) is 5.60 Å². The van der Waals surface area contributed by atoms with Gasteiger partial charge in [0.05, 0.1) is 17.7 Å². The van der Waals surface area contributed by atoms with E-state index >= 15 is 8.78 Å². The molecule has 6 nitrogen and oxygen atoms in total. The average Bonchev–Trinajstić information content (AvgIpc) is 2.97. The normalized spacial score (nSPS) is 18.8. The van der Waals surface area contributed by atoms with E-state index in [2.05, 4.69) is 6.58 Å². The Morgan fingerprint density at radius 2 is 1.81 bits per heavy atom.